The van der Waals surface area contributed by atoms with Gasteiger partial charge in [0, 0.05) is 17.5 Å². The van der Waals surface area contributed by atoms with Crippen LogP contribution in [0.25, 0.3) is 11.0 Å². The number of fused-ring (bicyclic) bond motifs is 2. The summed E-state index contributed by atoms with van der Waals surface area (Å²) < 4.78 is 8.21. The van der Waals surface area contributed by atoms with Crippen LogP contribution in [0.15, 0.2) is 36.8 Å². The topological polar surface area (TPSA) is 80.4 Å². The summed E-state index contributed by atoms with van der Waals surface area (Å²) in [5.41, 5.74) is 4.21. The Morgan fingerprint density at radius 3 is 2.83 bits per heavy atom. The van der Waals surface area contributed by atoms with E-state index in [1.54, 1.807) is 6.92 Å². The van der Waals surface area contributed by atoms with Crippen LogP contribution in [0.1, 0.15) is 61.2 Å². The third-order valence-electron chi connectivity index (χ3n) is 7.09. The first kappa shape index (κ1) is 19.7. The highest BCUT2D eigenvalue weighted by Crippen LogP contribution is 2.45. The van der Waals surface area contributed by atoms with E-state index >= 15 is 0 Å². The zero-order valence-corrected chi connectivity index (χ0v) is 17.7. The van der Waals surface area contributed by atoms with Crippen molar-refractivity contribution in [1.29, 1.82) is 0 Å². The van der Waals surface area contributed by atoms with Crippen LogP contribution >= 0.6 is 0 Å². The number of hydrogen-bond donors (Lipinski definition) is 2. The lowest BCUT2D eigenvalue weighted by molar-refractivity contribution is -0.0705. The molecule has 2 N–H and O–H groups in total. The lowest BCUT2D eigenvalue weighted by Gasteiger charge is -2.32. The van der Waals surface area contributed by atoms with Crippen LogP contribution in [-0.2, 0) is 17.6 Å². The van der Waals surface area contributed by atoms with Gasteiger partial charge in [-0.1, -0.05) is 25.1 Å². The van der Waals surface area contributed by atoms with Crippen molar-refractivity contribution in [1.82, 2.24) is 14.5 Å². The zero-order chi connectivity index (χ0) is 21.0. The van der Waals surface area contributed by atoms with Crippen molar-refractivity contribution >= 4 is 11.0 Å². The maximum Gasteiger partial charge on any atom is 0.164 e. The van der Waals surface area contributed by atoms with Crippen LogP contribution in [0, 0.1) is 6.92 Å². The highest BCUT2D eigenvalue weighted by molar-refractivity contribution is 5.78. The molecule has 3 aromatic rings. The number of rotatable bonds is 3. The quantitative estimate of drug-likeness (QED) is 0.695. The number of aliphatic hydroxyl groups excluding tert-OH is 1. The van der Waals surface area contributed by atoms with Gasteiger partial charge in [-0.25, -0.2) is 9.97 Å². The second-order valence-electron chi connectivity index (χ2n) is 9.02. The highest BCUT2D eigenvalue weighted by atomic mass is 16.6. The Morgan fingerprint density at radius 1 is 1.20 bits per heavy atom. The Morgan fingerprint density at radius 2 is 2.00 bits per heavy atom. The van der Waals surface area contributed by atoms with Gasteiger partial charge < -0.3 is 19.5 Å². The molecule has 2 aromatic heterocycles. The Bertz CT molecular complexity index is 1090. The Balaban J connectivity index is 1.52. The zero-order valence-electron chi connectivity index (χ0n) is 17.7. The molecule has 5 rings (SSSR count). The van der Waals surface area contributed by atoms with Crippen molar-refractivity contribution in [3.05, 3.63) is 59.2 Å². The lowest BCUT2D eigenvalue weighted by Crippen LogP contribution is -2.46. The summed E-state index contributed by atoms with van der Waals surface area (Å²) in [5, 5.41) is 23.3. The largest absolute Gasteiger partial charge is 0.385 e. The average Bonchev–Trinajstić information content (AvgIpc) is 3.27. The first-order valence-electron chi connectivity index (χ1n) is 10.8. The summed E-state index contributed by atoms with van der Waals surface area (Å²) in [4.78, 5) is 8.64. The van der Waals surface area contributed by atoms with Gasteiger partial charge in [-0.05, 0) is 62.3 Å². The van der Waals surface area contributed by atoms with E-state index in [1.165, 1.54) is 35.9 Å². The molecule has 0 saturated carbocycles. The minimum absolute atomic E-state index is 0.0501. The van der Waals surface area contributed by atoms with Gasteiger partial charge in [0.1, 0.15) is 23.7 Å². The fourth-order valence-corrected chi connectivity index (χ4v) is 5.36. The van der Waals surface area contributed by atoms with Crippen LogP contribution in [0.4, 0.5) is 0 Å². The van der Waals surface area contributed by atoms with Gasteiger partial charge in [-0.2, -0.15) is 0 Å². The molecule has 30 heavy (non-hydrogen) atoms. The fourth-order valence-electron chi connectivity index (χ4n) is 5.36. The van der Waals surface area contributed by atoms with Crippen molar-refractivity contribution in [3.63, 3.8) is 0 Å². The normalized spacial score (nSPS) is 29.8. The highest BCUT2D eigenvalue weighted by Gasteiger charge is 2.55. The van der Waals surface area contributed by atoms with Gasteiger partial charge in [0.15, 0.2) is 6.23 Å². The van der Waals surface area contributed by atoms with E-state index < -0.39 is 24.0 Å². The average molecular weight is 408 g/mol. The van der Waals surface area contributed by atoms with E-state index in [0.717, 1.165) is 23.9 Å². The first-order chi connectivity index (χ1) is 14.4. The minimum atomic E-state index is -1.39. The molecule has 0 amide bonds. The summed E-state index contributed by atoms with van der Waals surface area (Å²) in [7, 11) is 0. The van der Waals surface area contributed by atoms with E-state index in [-0.39, 0.29) is 5.92 Å². The van der Waals surface area contributed by atoms with Crippen molar-refractivity contribution in [2.45, 2.75) is 76.4 Å². The molecule has 0 bridgehead atoms. The molecule has 6 heteroatoms. The van der Waals surface area contributed by atoms with Crippen molar-refractivity contribution in [3.8, 4) is 0 Å². The lowest BCUT2D eigenvalue weighted by atomic mass is 9.78. The van der Waals surface area contributed by atoms with E-state index in [9.17, 15) is 10.2 Å². The Labute approximate surface area is 176 Å². The summed E-state index contributed by atoms with van der Waals surface area (Å²) >= 11 is 0. The number of benzene rings is 1. The predicted molar refractivity (Wildman–Crippen MR) is 114 cm³/mol. The van der Waals surface area contributed by atoms with Crippen LogP contribution < -0.4 is 0 Å². The van der Waals surface area contributed by atoms with Crippen LogP contribution in [0.3, 0.4) is 0 Å². The van der Waals surface area contributed by atoms with Crippen molar-refractivity contribution in [2.24, 2.45) is 0 Å². The van der Waals surface area contributed by atoms with Crippen molar-refractivity contribution in [2.75, 3.05) is 0 Å². The van der Waals surface area contributed by atoms with Gasteiger partial charge in [-0.15, -0.1) is 0 Å². The molecule has 6 nitrogen and oxygen atoms in total. The van der Waals surface area contributed by atoms with Crippen LogP contribution in [0.2, 0.25) is 0 Å². The molecule has 0 spiro atoms. The molecule has 1 fully saturated rings. The number of hydrogen-bond acceptors (Lipinski definition) is 5. The maximum atomic E-state index is 11.3. The van der Waals surface area contributed by atoms with Gasteiger partial charge in [-0.3, -0.25) is 0 Å². The summed E-state index contributed by atoms with van der Waals surface area (Å²) in [5.74, 6) is -0.0501. The fraction of sp³-hybridized carbons (Fsp3) is 0.500. The van der Waals surface area contributed by atoms with Gasteiger partial charge in [0.25, 0.3) is 0 Å². The molecule has 1 aliphatic heterocycles. The van der Waals surface area contributed by atoms with Gasteiger partial charge >= 0.3 is 0 Å². The third-order valence-corrected chi connectivity index (χ3v) is 7.09. The molecular weight excluding hydrogens is 378 g/mol. The molecule has 1 saturated heterocycles. The van der Waals surface area contributed by atoms with E-state index in [1.807, 2.05) is 23.8 Å². The Hall–Kier alpha value is -2.28. The maximum absolute atomic E-state index is 11.3. The number of aromatic nitrogens is 3. The molecule has 1 aliphatic carbocycles. The summed E-state index contributed by atoms with van der Waals surface area (Å²) in [6.45, 7) is 5.71. The molecule has 5 atom stereocenters. The molecular formula is C24H29N3O3. The molecule has 158 valence electrons. The van der Waals surface area contributed by atoms with Gasteiger partial charge in [0.05, 0.1) is 11.8 Å². The first-order valence-corrected chi connectivity index (χ1v) is 10.8. The molecule has 0 unspecified atom stereocenters. The second kappa shape index (κ2) is 7.15. The second-order valence-corrected chi connectivity index (χ2v) is 9.02. The molecule has 2 aliphatic rings. The Kier molecular flexibility index (Phi) is 4.69. The van der Waals surface area contributed by atoms with E-state index in [2.05, 4.69) is 35.1 Å². The SMILES string of the molecule is Cc1ncnc2c1ccn2[C@@H]1O[C@H]([C@H](C)c2cccc3c2CCCC3)[C@@](C)(O)[C@H]1O. The van der Waals surface area contributed by atoms with Gasteiger partial charge in [0.2, 0.25) is 0 Å². The molecule has 1 aromatic carbocycles. The van der Waals surface area contributed by atoms with Crippen LogP contribution in [-0.4, -0.2) is 42.6 Å². The number of nitrogens with zero attached hydrogens (tertiary/aromatic N) is 3. The van der Waals surface area contributed by atoms with E-state index in [0.29, 0.717) is 5.65 Å². The minimum Gasteiger partial charge on any atom is -0.385 e. The molecule has 0 radical (unpaired) electrons. The number of aryl methyl sites for hydroxylation is 2. The third kappa shape index (κ3) is 2.89. The number of aliphatic hydroxyl groups is 2. The predicted octanol–water partition coefficient (Wildman–Crippen LogP) is 3.43. The summed E-state index contributed by atoms with van der Waals surface area (Å²) in [6, 6.07) is 8.39. The van der Waals surface area contributed by atoms with E-state index in [4.69, 9.17) is 4.74 Å². The van der Waals surface area contributed by atoms with Crippen molar-refractivity contribution < 1.29 is 14.9 Å². The standard InChI is InChI=1S/C24H29N3O3/c1-14(17-10-6-8-16-7-4-5-9-19(16)17)21-24(3,29)20(28)23(30-21)27-12-11-18-15(2)25-13-26-22(18)27/h6,8,10-14,20-21,23,28-29H,4-5,7,9H2,1-3H3/t14-,20+,21-,23-,24+/m1/s1. The monoisotopic (exact) mass is 407 g/mol. The number of ether oxygens (including phenoxy) is 1. The summed E-state index contributed by atoms with van der Waals surface area (Å²) in [6.07, 6.45) is 5.65. The molecule has 3 heterocycles. The van der Waals surface area contributed by atoms with Crippen LogP contribution in [0.5, 0.6) is 0 Å². The smallest absolute Gasteiger partial charge is 0.164 e.